The summed E-state index contributed by atoms with van der Waals surface area (Å²) in [7, 11) is 0. The van der Waals surface area contributed by atoms with Crippen molar-refractivity contribution in [3.8, 4) is 5.69 Å². The van der Waals surface area contributed by atoms with Crippen molar-refractivity contribution in [1.29, 1.82) is 0 Å². The highest BCUT2D eigenvalue weighted by Crippen LogP contribution is 2.22. The Kier molecular flexibility index (Phi) is 6.63. The first kappa shape index (κ1) is 21.7. The molecule has 32 heavy (non-hydrogen) atoms. The number of hydrogen-bond donors (Lipinski definition) is 1. The number of halogens is 1. The van der Waals surface area contributed by atoms with Gasteiger partial charge in [0.15, 0.2) is 5.16 Å². The molecule has 9 heteroatoms. The molecule has 0 saturated carbocycles. The van der Waals surface area contributed by atoms with E-state index in [1.807, 2.05) is 18.2 Å². The van der Waals surface area contributed by atoms with Gasteiger partial charge in [-0.15, -0.1) is 0 Å². The Hall–Kier alpha value is -3.49. The monoisotopic (exact) mass is 463 g/mol. The van der Waals surface area contributed by atoms with E-state index in [4.69, 9.17) is 11.6 Å². The van der Waals surface area contributed by atoms with Crippen molar-refractivity contribution in [2.75, 3.05) is 5.75 Å². The molecule has 0 aliphatic heterocycles. The number of nitrogens with one attached hydrogen (secondary N) is 1. The summed E-state index contributed by atoms with van der Waals surface area (Å²) in [5.41, 5.74) is 5.04. The van der Waals surface area contributed by atoms with Crippen LogP contribution in [0, 0.1) is 0 Å². The van der Waals surface area contributed by atoms with Crippen LogP contribution in [0.25, 0.3) is 16.6 Å². The smallest absolute Gasteiger partial charge is 0.266 e. The molecule has 1 N–H and O–H groups in total. The number of benzene rings is 2. The molecule has 4 aromatic rings. The minimum absolute atomic E-state index is 0.0332. The minimum Gasteiger partial charge on any atom is -0.272 e. The lowest BCUT2D eigenvalue weighted by Crippen LogP contribution is -2.24. The molecule has 0 unspecified atom stereocenters. The van der Waals surface area contributed by atoms with Crippen molar-refractivity contribution in [2.45, 2.75) is 12.1 Å². The van der Waals surface area contributed by atoms with Gasteiger partial charge in [0.2, 0.25) is 0 Å². The number of para-hydroxylation sites is 1. The van der Waals surface area contributed by atoms with Crippen LogP contribution >= 0.6 is 23.4 Å². The van der Waals surface area contributed by atoms with E-state index in [1.165, 1.54) is 4.57 Å². The maximum atomic E-state index is 13.2. The summed E-state index contributed by atoms with van der Waals surface area (Å²) < 4.78 is 1.49. The number of thioether (sulfide) groups is 1. The van der Waals surface area contributed by atoms with Gasteiger partial charge in [-0.1, -0.05) is 35.5 Å². The van der Waals surface area contributed by atoms with Crippen molar-refractivity contribution in [2.24, 2.45) is 5.10 Å². The van der Waals surface area contributed by atoms with Gasteiger partial charge in [-0.3, -0.25) is 19.1 Å². The topological polar surface area (TPSA) is 89.2 Å². The van der Waals surface area contributed by atoms with Gasteiger partial charge in [0.25, 0.3) is 11.5 Å². The number of hydrogen-bond acceptors (Lipinski definition) is 6. The standard InChI is InChI=1S/C23H18ClN5O2S/c1-15(16-10-12-25-13-11-16)27-28-21(30)14-32-23-26-20-5-3-2-4-19(20)22(31)29(23)18-8-6-17(24)7-9-18/h2-13H,14H2,1H3,(H,28,30)/b27-15+. The number of aromatic nitrogens is 3. The average Bonchev–Trinajstić information content (AvgIpc) is 2.82. The fourth-order valence-electron chi connectivity index (χ4n) is 2.99. The van der Waals surface area contributed by atoms with E-state index in [0.29, 0.717) is 32.5 Å². The lowest BCUT2D eigenvalue weighted by molar-refractivity contribution is -0.118. The summed E-state index contributed by atoms with van der Waals surface area (Å²) >= 11 is 7.16. The largest absolute Gasteiger partial charge is 0.272 e. The Morgan fingerprint density at radius 1 is 1.09 bits per heavy atom. The number of rotatable bonds is 6. The molecule has 0 fully saturated rings. The number of fused-ring (bicyclic) bond motifs is 1. The van der Waals surface area contributed by atoms with E-state index in [-0.39, 0.29) is 17.2 Å². The molecule has 4 rings (SSSR count). The molecule has 7 nitrogen and oxygen atoms in total. The van der Waals surface area contributed by atoms with E-state index < -0.39 is 0 Å². The fraction of sp³-hybridized carbons (Fsp3) is 0.0870. The Bertz CT molecular complexity index is 1350. The highest BCUT2D eigenvalue weighted by Gasteiger charge is 2.15. The number of nitrogens with zero attached hydrogens (tertiary/aromatic N) is 4. The molecule has 0 spiro atoms. The summed E-state index contributed by atoms with van der Waals surface area (Å²) in [5, 5.41) is 5.60. The van der Waals surface area contributed by atoms with Crippen LogP contribution in [0.4, 0.5) is 0 Å². The van der Waals surface area contributed by atoms with Crippen LogP contribution in [-0.4, -0.2) is 31.9 Å². The van der Waals surface area contributed by atoms with Crippen molar-refractivity contribution in [1.82, 2.24) is 20.0 Å². The Balaban J connectivity index is 1.59. The lowest BCUT2D eigenvalue weighted by Gasteiger charge is -2.13. The first-order chi connectivity index (χ1) is 15.5. The van der Waals surface area contributed by atoms with Gasteiger partial charge in [0.05, 0.1) is 28.1 Å². The molecule has 1 amide bonds. The second-order valence-electron chi connectivity index (χ2n) is 6.79. The summed E-state index contributed by atoms with van der Waals surface area (Å²) in [5.74, 6) is -0.278. The zero-order valence-corrected chi connectivity index (χ0v) is 18.6. The summed E-state index contributed by atoms with van der Waals surface area (Å²) in [4.78, 5) is 34.2. The maximum absolute atomic E-state index is 13.2. The third-order valence-corrected chi connectivity index (χ3v) is 5.80. The van der Waals surface area contributed by atoms with Crippen LogP contribution in [-0.2, 0) is 4.79 Å². The first-order valence-corrected chi connectivity index (χ1v) is 11.0. The summed E-state index contributed by atoms with van der Waals surface area (Å²) in [6, 6.07) is 17.6. The second kappa shape index (κ2) is 9.76. The van der Waals surface area contributed by atoms with Gasteiger partial charge in [-0.25, -0.2) is 10.4 Å². The van der Waals surface area contributed by atoms with E-state index in [0.717, 1.165) is 17.3 Å². The number of hydrazone groups is 1. The molecule has 0 aliphatic carbocycles. The van der Waals surface area contributed by atoms with Crippen molar-refractivity contribution < 1.29 is 4.79 Å². The molecule has 2 aromatic heterocycles. The van der Waals surface area contributed by atoms with Gasteiger partial charge in [0, 0.05) is 23.0 Å². The fourth-order valence-corrected chi connectivity index (χ4v) is 3.92. The summed E-state index contributed by atoms with van der Waals surface area (Å²) in [6.07, 6.45) is 3.32. The number of pyridine rings is 1. The van der Waals surface area contributed by atoms with E-state index in [1.54, 1.807) is 61.8 Å². The average molecular weight is 464 g/mol. The minimum atomic E-state index is -0.312. The quantitative estimate of drug-likeness (QED) is 0.201. The zero-order valence-electron chi connectivity index (χ0n) is 17.0. The molecule has 0 radical (unpaired) electrons. The third kappa shape index (κ3) is 4.87. The Morgan fingerprint density at radius 2 is 1.81 bits per heavy atom. The SMILES string of the molecule is C/C(=N\NC(=O)CSc1nc2ccccc2c(=O)n1-c1ccc(Cl)cc1)c1ccncc1. The number of amides is 1. The van der Waals surface area contributed by atoms with Crippen LogP contribution in [0.1, 0.15) is 12.5 Å². The molecule has 160 valence electrons. The predicted octanol–water partition coefficient (Wildman–Crippen LogP) is 4.07. The van der Waals surface area contributed by atoms with Crippen LogP contribution in [0.5, 0.6) is 0 Å². The molecule has 2 aromatic carbocycles. The maximum Gasteiger partial charge on any atom is 0.266 e. The van der Waals surface area contributed by atoms with E-state index in [2.05, 4.69) is 20.5 Å². The molecule has 0 saturated heterocycles. The normalized spacial score (nSPS) is 11.5. The zero-order chi connectivity index (χ0) is 22.5. The van der Waals surface area contributed by atoms with Gasteiger partial charge >= 0.3 is 0 Å². The van der Waals surface area contributed by atoms with Gasteiger partial charge in [0.1, 0.15) is 0 Å². The van der Waals surface area contributed by atoms with Crippen molar-refractivity contribution in [3.63, 3.8) is 0 Å². The second-order valence-corrected chi connectivity index (χ2v) is 8.16. The molecule has 2 heterocycles. The van der Waals surface area contributed by atoms with Crippen molar-refractivity contribution >= 4 is 45.9 Å². The highest BCUT2D eigenvalue weighted by atomic mass is 35.5. The highest BCUT2D eigenvalue weighted by molar-refractivity contribution is 7.99. The first-order valence-electron chi connectivity index (χ1n) is 9.67. The van der Waals surface area contributed by atoms with Crippen LogP contribution in [0.15, 0.2) is 88.1 Å². The predicted molar refractivity (Wildman–Crippen MR) is 128 cm³/mol. The molecule has 0 bridgehead atoms. The number of carbonyl (C=O) groups is 1. The van der Waals surface area contributed by atoms with Crippen LogP contribution in [0.2, 0.25) is 5.02 Å². The third-order valence-electron chi connectivity index (χ3n) is 4.61. The van der Waals surface area contributed by atoms with Crippen molar-refractivity contribution in [3.05, 3.63) is 94.0 Å². The summed E-state index contributed by atoms with van der Waals surface area (Å²) in [6.45, 7) is 1.80. The Labute approximate surface area is 193 Å². The van der Waals surface area contributed by atoms with E-state index in [9.17, 15) is 9.59 Å². The van der Waals surface area contributed by atoms with E-state index >= 15 is 0 Å². The molecule has 0 aliphatic rings. The lowest BCUT2D eigenvalue weighted by atomic mass is 10.2. The van der Waals surface area contributed by atoms with Gasteiger partial charge < -0.3 is 0 Å². The Morgan fingerprint density at radius 3 is 2.56 bits per heavy atom. The number of carbonyl (C=O) groups excluding carboxylic acids is 1. The van der Waals surface area contributed by atoms with Crippen LogP contribution in [0.3, 0.4) is 0 Å². The molecule has 0 atom stereocenters. The molecular weight excluding hydrogens is 446 g/mol. The van der Waals surface area contributed by atoms with Gasteiger partial charge in [-0.05, 0) is 55.5 Å². The van der Waals surface area contributed by atoms with Gasteiger partial charge in [-0.2, -0.15) is 5.10 Å². The van der Waals surface area contributed by atoms with Crippen LogP contribution < -0.4 is 11.0 Å². The molecular formula is C23H18ClN5O2S.